The quantitative estimate of drug-likeness (QED) is 0.698. The molecule has 0 spiro atoms. The minimum Gasteiger partial charge on any atom is -0.383 e. The Morgan fingerprint density at radius 1 is 1.53 bits per heavy atom. The van der Waals surface area contributed by atoms with Gasteiger partial charge in [0.1, 0.15) is 10.7 Å². The van der Waals surface area contributed by atoms with Crippen LogP contribution in [0.15, 0.2) is 11.1 Å². The fraction of sp³-hybridized carbons (Fsp3) is 0.625. The van der Waals surface area contributed by atoms with Crippen LogP contribution < -0.4 is 10.5 Å². The SMILES string of the molecule is CC(C)(C)CNS(=O)(=O)c1cn[nH]c1N. The van der Waals surface area contributed by atoms with Gasteiger partial charge in [0.05, 0.1) is 6.20 Å². The van der Waals surface area contributed by atoms with Crippen molar-refractivity contribution in [3.05, 3.63) is 6.20 Å². The molecule has 7 heteroatoms. The van der Waals surface area contributed by atoms with Crippen LogP contribution >= 0.6 is 0 Å². The molecule has 0 amide bonds. The second kappa shape index (κ2) is 3.82. The highest BCUT2D eigenvalue weighted by Crippen LogP contribution is 2.16. The van der Waals surface area contributed by atoms with Gasteiger partial charge in [-0.2, -0.15) is 5.10 Å². The first kappa shape index (κ1) is 12.0. The van der Waals surface area contributed by atoms with Gasteiger partial charge in [0.2, 0.25) is 10.0 Å². The Kier molecular flexibility index (Phi) is 3.05. The van der Waals surface area contributed by atoms with E-state index in [0.29, 0.717) is 6.54 Å². The molecule has 0 aliphatic carbocycles. The van der Waals surface area contributed by atoms with Crippen LogP contribution in [0.5, 0.6) is 0 Å². The maximum Gasteiger partial charge on any atom is 0.245 e. The number of rotatable bonds is 3. The van der Waals surface area contributed by atoms with Gasteiger partial charge in [-0.25, -0.2) is 13.1 Å². The number of hydrogen-bond acceptors (Lipinski definition) is 4. The van der Waals surface area contributed by atoms with Gasteiger partial charge in [0, 0.05) is 6.54 Å². The largest absolute Gasteiger partial charge is 0.383 e. The van der Waals surface area contributed by atoms with Gasteiger partial charge in [-0.3, -0.25) is 5.10 Å². The van der Waals surface area contributed by atoms with E-state index in [2.05, 4.69) is 14.9 Å². The summed E-state index contributed by atoms with van der Waals surface area (Å²) in [5, 5.41) is 5.94. The summed E-state index contributed by atoms with van der Waals surface area (Å²) < 4.78 is 25.9. The lowest BCUT2D eigenvalue weighted by Crippen LogP contribution is -2.32. The number of nitrogen functional groups attached to an aromatic ring is 1. The molecule has 0 aliphatic heterocycles. The minimum absolute atomic E-state index is 0.00764. The molecule has 4 N–H and O–H groups in total. The molecule has 1 aromatic heterocycles. The summed E-state index contributed by atoms with van der Waals surface area (Å²) in [5.41, 5.74) is 5.31. The lowest BCUT2D eigenvalue weighted by atomic mass is 9.98. The highest BCUT2D eigenvalue weighted by atomic mass is 32.2. The smallest absolute Gasteiger partial charge is 0.245 e. The third kappa shape index (κ3) is 3.21. The molecule has 1 rings (SSSR count). The number of sulfonamides is 1. The molecule has 1 aromatic rings. The predicted molar refractivity (Wildman–Crippen MR) is 57.6 cm³/mol. The molecule has 15 heavy (non-hydrogen) atoms. The van der Waals surface area contributed by atoms with E-state index >= 15 is 0 Å². The molecular weight excluding hydrogens is 216 g/mol. The van der Waals surface area contributed by atoms with Crippen molar-refractivity contribution in [2.45, 2.75) is 25.7 Å². The monoisotopic (exact) mass is 232 g/mol. The zero-order chi connectivity index (χ0) is 11.7. The Labute approximate surface area is 89.3 Å². The fourth-order valence-corrected chi connectivity index (χ4v) is 2.19. The second-order valence-corrected chi connectivity index (χ2v) is 6.27. The molecule has 86 valence electrons. The highest BCUT2D eigenvalue weighted by Gasteiger charge is 2.21. The van der Waals surface area contributed by atoms with Crippen LogP contribution in [-0.2, 0) is 10.0 Å². The van der Waals surface area contributed by atoms with Crippen molar-refractivity contribution < 1.29 is 8.42 Å². The molecule has 0 unspecified atom stereocenters. The normalized spacial score (nSPS) is 13.0. The number of nitrogens with two attached hydrogens (primary N) is 1. The first-order chi connectivity index (χ1) is 6.72. The Morgan fingerprint density at radius 3 is 2.53 bits per heavy atom. The second-order valence-electron chi connectivity index (χ2n) is 4.53. The molecule has 0 fully saturated rings. The van der Waals surface area contributed by atoms with Gasteiger partial charge < -0.3 is 5.73 Å². The molecule has 0 atom stereocenters. The van der Waals surface area contributed by atoms with Crippen molar-refractivity contribution in [3.8, 4) is 0 Å². The average molecular weight is 232 g/mol. The van der Waals surface area contributed by atoms with Crippen molar-refractivity contribution in [2.24, 2.45) is 5.41 Å². The summed E-state index contributed by atoms with van der Waals surface area (Å²) in [6, 6.07) is 0. The molecule has 6 nitrogen and oxygen atoms in total. The van der Waals surface area contributed by atoms with E-state index in [-0.39, 0.29) is 16.1 Å². The molecule has 0 bridgehead atoms. The van der Waals surface area contributed by atoms with E-state index in [0.717, 1.165) is 0 Å². The third-order valence-electron chi connectivity index (χ3n) is 1.71. The van der Waals surface area contributed by atoms with E-state index in [1.54, 1.807) is 0 Å². The maximum absolute atomic E-state index is 11.7. The molecule has 0 radical (unpaired) electrons. The number of nitrogens with one attached hydrogen (secondary N) is 2. The van der Waals surface area contributed by atoms with Crippen molar-refractivity contribution in [3.63, 3.8) is 0 Å². The summed E-state index contributed by atoms with van der Waals surface area (Å²) in [4.78, 5) is -0.00764. The van der Waals surface area contributed by atoms with Crippen LogP contribution in [0.25, 0.3) is 0 Å². The van der Waals surface area contributed by atoms with Crippen LogP contribution in [0.1, 0.15) is 20.8 Å². The third-order valence-corrected chi connectivity index (χ3v) is 3.14. The Balaban J connectivity index is 2.82. The molecule has 0 aromatic carbocycles. The first-order valence-corrected chi connectivity index (χ1v) is 5.99. The van der Waals surface area contributed by atoms with Crippen LogP contribution in [0.4, 0.5) is 5.82 Å². The highest BCUT2D eigenvalue weighted by molar-refractivity contribution is 7.89. The number of anilines is 1. The Morgan fingerprint density at radius 2 is 2.13 bits per heavy atom. The predicted octanol–water partition coefficient (Wildman–Crippen LogP) is 0.316. The van der Waals surface area contributed by atoms with Gasteiger partial charge in [-0.05, 0) is 5.41 Å². The number of hydrogen-bond donors (Lipinski definition) is 3. The van der Waals surface area contributed by atoms with Crippen molar-refractivity contribution in [1.82, 2.24) is 14.9 Å². The van der Waals surface area contributed by atoms with Crippen LogP contribution in [0, 0.1) is 5.41 Å². The van der Waals surface area contributed by atoms with E-state index in [9.17, 15) is 8.42 Å². The van der Waals surface area contributed by atoms with Crippen molar-refractivity contribution in [1.29, 1.82) is 0 Å². The van der Waals surface area contributed by atoms with E-state index in [4.69, 9.17) is 5.73 Å². The Hall–Kier alpha value is -1.08. The zero-order valence-electron chi connectivity index (χ0n) is 9.03. The Bertz CT molecular complexity index is 430. The number of nitrogens with zero attached hydrogens (tertiary/aromatic N) is 1. The first-order valence-electron chi connectivity index (χ1n) is 4.51. The summed E-state index contributed by atoms with van der Waals surface area (Å²) >= 11 is 0. The fourth-order valence-electron chi connectivity index (χ4n) is 0.888. The lowest BCUT2D eigenvalue weighted by Gasteiger charge is -2.18. The maximum atomic E-state index is 11.7. The number of aromatic amines is 1. The van der Waals surface area contributed by atoms with Crippen molar-refractivity contribution >= 4 is 15.8 Å². The van der Waals surface area contributed by atoms with E-state index < -0.39 is 10.0 Å². The number of H-pyrrole nitrogens is 1. The molecule has 0 aliphatic rings. The van der Waals surface area contributed by atoms with Gasteiger partial charge >= 0.3 is 0 Å². The molecule has 1 heterocycles. The minimum atomic E-state index is -3.55. The van der Waals surface area contributed by atoms with E-state index in [1.165, 1.54) is 6.20 Å². The zero-order valence-corrected chi connectivity index (χ0v) is 9.85. The van der Waals surface area contributed by atoms with E-state index in [1.807, 2.05) is 20.8 Å². The average Bonchev–Trinajstić information content (AvgIpc) is 2.47. The molecule has 0 saturated heterocycles. The topological polar surface area (TPSA) is 101 Å². The van der Waals surface area contributed by atoms with Gasteiger partial charge in [0.25, 0.3) is 0 Å². The molecular formula is C8H16N4O2S. The van der Waals surface area contributed by atoms with Gasteiger partial charge in [-0.1, -0.05) is 20.8 Å². The summed E-state index contributed by atoms with van der Waals surface area (Å²) in [6.07, 6.45) is 1.19. The van der Waals surface area contributed by atoms with Crippen LogP contribution in [0.2, 0.25) is 0 Å². The van der Waals surface area contributed by atoms with Crippen molar-refractivity contribution in [2.75, 3.05) is 12.3 Å². The van der Waals surface area contributed by atoms with Crippen LogP contribution in [-0.4, -0.2) is 25.2 Å². The van der Waals surface area contributed by atoms with Gasteiger partial charge in [0.15, 0.2) is 0 Å². The standard InChI is InChI=1S/C8H16N4O2S/c1-8(2,3)5-11-15(13,14)6-4-10-12-7(6)9/h4,11H,5H2,1-3H3,(H3,9,10,12). The summed E-state index contributed by atoms with van der Waals surface area (Å²) in [5.74, 6) is 0.0522. The molecule has 0 saturated carbocycles. The van der Waals surface area contributed by atoms with Crippen LogP contribution in [0.3, 0.4) is 0 Å². The lowest BCUT2D eigenvalue weighted by molar-refractivity contribution is 0.407. The summed E-state index contributed by atoms with van der Waals surface area (Å²) in [7, 11) is -3.55. The number of aromatic nitrogens is 2. The van der Waals surface area contributed by atoms with Gasteiger partial charge in [-0.15, -0.1) is 0 Å². The summed E-state index contributed by atoms with van der Waals surface area (Å²) in [6.45, 7) is 6.16.